The molecule has 0 radical (unpaired) electrons. The van der Waals surface area contributed by atoms with Crippen LogP contribution in [0.4, 0.5) is 0 Å². The Kier molecular flexibility index (Phi) is 1.13. The van der Waals surface area contributed by atoms with Crippen LogP contribution in [-0.2, 0) is 4.74 Å². The molecule has 0 spiro atoms. The molecule has 0 bridgehead atoms. The van der Waals surface area contributed by atoms with Gasteiger partial charge in [-0.2, -0.15) is 0 Å². The molecule has 0 aliphatic carbocycles. The zero-order valence-corrected chi connectivity index (χ0v) is 4.00. The van der Waals surface area contributed by atoms with Crippen molar-refractivity contribution in [1.29, 1.82) is 0 Å². The van der Waals surface area contributed by atoms with E-state index in [2.05, 4.69) is 6.58 Å². The number of rotatable bonds is 1. The lowest BCUT2D eigenvalue weighted by molar-refractivity contribution is -0.137. The normalized spacial score (nSPS) is 39.6. The SMILES string of the molecule is C=CC1OCC1O. The Morgan fingerprint density at radius 2 is 2.57 bits per heavy atom. The van der Waals surface area contributed by atoms with Gasteiger partial charge in [0.25, 0.3) is 0 Å². The third-order valence-corrected chi connectivity index (χ3v) is 1.07. The lowest BCUT2D eigenvalue weighted by Crippen LogP contribution is -2.42. The van der Waals surface area contributed by atoms with Crippen LogP contribution in [0, 0.1) is 0 Å². The van der Waals surface area contributed by atoms with Crippen LogP contribution in [0.15, 0.2) is 12.7 Å². The Morgan fingerprint density at radius 3 is 2.57 bits per heavy atom. The first-order valence-electron chi connectivity index (χ1n) is 2.27. The third kappa shape index (κ3) is 0.667. The van der Waals surface area contributed by atoms with Crippen LogP contribution in [0.1, 0.15) is 0 Å². The van der Waals surface area contributed by atoms with Crippen molar-refractivity contribution in [2.24, 2.45) is 0 Å². The van der Waals surface area contributed by atoms with E-state index < -0.39 is 0 Å². The number of hydrogen-bond donors (Lipinski definition) is 1. The lowest BCUT2D eigenvalue weighted by Gasteiger charge is -2.29. The Labute approximate surface area is 42.4 Å². The summed E-state index contributed by atoms with van der Waals surface area (Å²) in [7, 11) is 0. The van der Waals surface area contributed by atoms with Crippen molar-refractivity contribution in [1.82, 2.24) is 0 Å². The van der Waals surface area contributed by atoms with Gasteiger partial charge >= 0.3 is 0 Å². The van der Waals surface area contributed by atoms with E-state index in [0.717, 1.165) is 0 Å². The molecule has 7 heavy (non-hydrogen) atoms. The molecule has 1 rings (SSSR count). The highest BCUT2D eigenvalue weighted by Gasteiger charge is 2.26. The highest BCUT2D eigenvalue weighted by atomic mass is 16.5. The second-order valence-corrected chi connectivity index (χ2v) is 1.60. The summed E-state index contributed by atoms with van der Waals surface area (Å²) >= 11 is 0. The van der Waals surface area contributed by atoms with Crippen LogP contribution in [0.2, 0.25) is 0 Å². The fraction of sp³-hybridized carbons (Fsp3) is 0.600. The quantitative estimate of drug-likeness (QED) is 0.467. The van der Waals surface area contributed by atoms with E-state index >= 15 is 0 Å². The Hall–Kier alpha value is -0.340. The van der Waals surface area contributed by atoms with E-state index in [1.165, 1.54) is 0 Å². The summed E-state index contributed by atoms with van der Waals surface area (Å²) in [6, 6.07) is 0. The van der Waals surface area contributed by atoms with E-state index in [9.17, 15) is 0 Å². The molecule has 0 aromatic rings. The van der Waals surface area contributed by atoms with Gasteiger partial charge in [0.15, 0.2) is 0 Å². The Bertz CT molecular complexity index is 80.1. The minimum absolute atomic E-state index is 0.0972. The summed E-state index contributed by atoms with van der Waals surface area (Å²) in [4.78, 5) is 0. The predicted octanol–water partition coefficient (Wildman–Crippen LogP) is -0.0679. The minimum Gasteiger partial charge on any atom is -0.388 e. The molecule has 0 aromatic heterocycles. The van der Waals surface area contributed by atoms with Crippen LogP contribution >= 0.6 is 0 Å². The highest BCUT2D eigenvalue weighted by molar-refractivity contribution is 4.91. The molecule has 2 heteroatoms. The highest BCUT2D eigenvalue weighted by Crippen LogP contribution is 2.11. The van der Waals surface area contributed by atoms with Crippen molar-refractivity contribution in [2.45, 2.75) is 12.2 Å². The standard InChI is InChI=1S/C5H8O2/c1-2-5-4(6)3-7-5/h2,4-6H,1,3H2. The molecule has 1 aliphatic heterocycles. The largest absolute Gasteiger partial charge is 0.388 e. The fourth-order valence-electron chi connectivity index (χ4n) is 0.519. The summed E-state index contributed by atoms with van der Waals surface area (Å²) in [6.07, 6.45) is 1.21. The van der Waals surface area contributed by atoms with Gasteiger partial charge in [-0.3, -0.25) is 0 Å². The topological polar surface area (TPSA) is 29.5 Å². The van der Waals surface area contributed by atoms with Crippen molar-refractivity contribution in [3.05, 3.63) is 12.7 Å². The maximum atomic E-state index is 8.71. The summed E-state index contributed by atoms with van der Waals surface area (Å²) in [5.41, 5.74) is 0. The van der Waals surface area contributed by atoms with E-state index in [-0.39, 0.29) is 12.2 Å². The average molecular weight is 100 g/mol. The van der Waals surface area contributed by atoms with E-state index in [1.807, 2.05) is 0 Å². The zero-order chi connectivity index (χ0) is 5.28. The molecular formula is C5H8O2. The smallest absolute Gasteiger partial charge is 0.107 e. The van der Waals surface area contributed by atoms with Gasteiger partial charge in [-0.05, 0) is 0 Å². The maximum Gasteiger partial charge on any atom is 0.107 e. The van der Waals surface area contributed by atoms with Crippen molar-refractivity contribution in [3.63, 3.8) is 0 Å². The second-order valence-electron chi connectivity index (χ2n) is 1.60. The molecule has 0 aromatic carbocycles. The first-order chi connectivity index (χ1) is 3.34. The van der Waals surface area contributed by atoms with Crippen LogP contribution in [0.5, 0.6) is 0 Å². The van der Waals surface area contributed by atoms with Crippen LogP contribution in [0.25, 0.3) is 0 Å². The van der Waals surface area contributed by atoms with Crippen molar-refractivity contribution in [2.75, 3.05) is 6.61 Å². The molecule has 1 saturated heterocycles. The molecule has 0 amide bonds. The zero-order valence-electron chi connectivity index (χ0n) is 4.00. The maximum absolute atomic E-state index is 8.71. The number of aliphatic hydroxyl groups excluding tert-OH is 1. The van der Waals surface area contributed by atoms with Crippen molar-refractivity contribution >= 4 is 0 Å². The summed E-state index contributed by atoms with van der Waals surface area (Å²) in [6.45, 7) is 3.92. The summed E-state index contributed by atoms with van der Waals surface area (Å²) in [5.74, 6) is 0. The molecule has 1 heterocycles. The predicted molar refractivity (Wildman–Crippen MR) is 25.9 cm³/mol. The molecule has 1 N–H and O–H groups in total. The van der Waals surface area contributed by atoms with Gasteiger partial charge in [0.1, 0.15) is 12.2 Å². The first-order valence-corrected chi connectivity index (χ1v) is 2.27. The molecule has 2 atom stereocenters. The monoisotopic (exact) mass is 100 g/mol. The van der Waals surface area contributed by atoms with Gasteiger partial charge in [0, 0.05) is 0 Å². The van der Waals surface area contributed by atoms with Gasteiger partial charge in [-0.15, -0.1) is 6.58 Å². The Balaban J connectivity index is 2.28. The van der Waals surface area contributed by atoms with E-state index in [0.29, 0.717) is 6.61 Å². The van der Waals surface area contributed by atoms with Gasteiger partial charge in [0.05, 0.1) is 6.61 Å². The fourth-order valence-corrected chi connectivity index (χ4v) is 0.519. The molecule has 1 aliphatic rings. The third-order valence-electron chi connectivity index (χ3n) is 1.07. The van der Waals surface area contributed by atoms with E-state index in [1.54, 1.807) is 6.08 Å². The molecule has 2 unspecified atom stereocenters. The second kappa shape index (κ2) is 1.64. The molecule has 40 valence electrons. The van der Waals surface area contributed by atoms with Gasteiger partial charge < -0.3 is 9.84 Å². The van der Waals surface area contributed by atoms with Crippen molar-refractivity contribution in [3.8, 4) is 0 Å². The molecular weight excluding hydrogens is 92.1 g/mol. The number of ether oxygens (including phenoxy) is 1. The van der Waals surface area contributed by atoms with Crippen LogP contribution in [-0.4, -0.2) is 23.9 Å². The molecule has 2 nitrogen and oxygen atoms in total. The summed E-state index contributed by atoms with van der Waals surface area (Å²) < 4.78 is 4.82. The van der Waals surface area contributed by atoms with Gasteiger partial charge in [-0.25, -0.2) is 0 Å². The van der Waals surface area contributed by atoms with E-state index in [4.69, 9.17) is 9.84 Å². The first kappa shape index (κ1) is 4.81. The average Bonchev–Trinajstić information content (AvgIpc) is 1.65. The van der Waals surface area contributed by atoms with Crippen molar-refractivity contribution < 1.29 is 9.84 Å². The Morgan fingerprint density at radius 1 is 1.86 bits per heavy atom. The van der Waals surface area contributed by atoms with Gasteiger partial charge in [-0.1, -0.05) is 6.08 Å². The molecule has 1 fully saturated rings. The van der Waals surface area contributed by atoms with Crippen LogP contribution in [0.3, 0.4) is 0 Å². The van der Waals surface area contributed by atoms with Gasteiger partial charge in [0.2, 0.25) is 0 Å². The molecule has 0 saturated carbocycles. The number of hydrogen-bond acceptors (Lipinski definition) is 2. The number of aliphatic hydroxyl groups is 1. The summed E-state index contributed by atoms with van der Waals surface area (Å²) in [5, 5.41) is 8.71. The lowest BCUT2D eigenvalue weighted by atomic mass is 10.1. The minimum atomic E-state index is -0.294. The van der Waals surface area contributed by atoms with Crippen LogP contribution < -0.4 is 0 Å².